The summed E-state index contributed by atoms with van der Waals surface area (Å²) < 4.78 is 0. The van der Waals surface area contributed by atoms with Crippen LogP contribution in [-0.2, 0) is 9.59 Å². The molecule has 2 amide bonds. The van der Waals surface area contributed by atoms with Crippen LogP contribution in [0, 0.1) is 0 Å². The van der Waals surface area contributed by atoms with E-state index in [4.69, 9.17) is 0 Å². The Morgan fingerprint density at radius 1 is 1.19 bits per heavy atom. The summed E-state index contributed by atoms with van der Waals surface area (Å²) in [5, 5.41) is 15.5. The summed E-state index contributed by atoms with van der Waals surface area (Å²) in [6.07, 6.45) is 5.20. The summed E-state index contributed by atoms with van der Waals surface area (Å²) in [5.74, 6) is -0.610. The van der Waals surface area contributed by atoms with Crippen molar-refractivity contribution in [3.8, 4) is 5.75 Å². The van der Waals surface area contributed by atoms with Gasteiger partial charge in [-0.2, -0.15) is 0 Å². The highest BCUT2D eigenvalue weighted by Crippen LogP contribution is 2.24. The number of hydrogen-bond acceptors (Lipinski definition) is 5. The maximum atomic E-state index is 12.2. The molecule has 0 fully saturated rings. The average molecular weight is 375 g/mol. The Labute approximate surface area is 160 Å². The largest absolute Gasteiger partial charge is 0.506 e. The molecule has 0 spiro atoms. The molecule has 0 aliphatic carbocycles. The van der Waals surface area contributed by atoms with Crippen molar-refractivity contribution in [2.75, 3.05) is 25.0 Å². The van der Waals surface area contributed by atoms with Gasteiger partial charge in [-0.25, -0.2) is 0 Å². The number of nitrogens with one attached hydrogen (secondary N) is 2. The normalized spacial score (nSPS) is 11.0. The van der Waals surface area contributed by atoms with Crippen LogP contribution >= 0.6 is 0 Å². The summed E-state index contributed by atoms with van der Waals surface area (Å²) >= 11 is 0. The highest BCUT2D eigenvalue weighted by atomic mass is 16.3. The van der Waals surface area contributed by atoms with E-state index in [0.29, 0.717) is 17.7 Å². The number of phenolic OH excluding ortho intramolecular Hbond substituents is 1. The first-order chi connectivity index (χ1) is 12.9. The van der Waals surface area contributed by atoms with E-state index in [2.05, 4.69) is 10.6 Å². The zero-order chi connectivity index (χ0) is 20.2. The van der Waals surface area contributed by atoms with Gasteiger partial charge in [0.15, 0.2) is 5.78 Å². The monoisotopic (exact) mass is 375 g/mol. The van der Waals surface area contributed by atoms with Crippen LogP contribution in [0.2, 0.25) is 0 Å². The minimum Gasteiger partial charge on any atom is -0.506 e. The highest BCUT2D eigenvalue weighted by molar-refractivity contribution is 6.05. The number of Topliss-reactive ketones (excluding diaryl/α,β-unsaturated/α-hetero) is 1. The number of phenols is 1. The molecule has 0 aliphatic rings. The lowest BCUT2D eigenvalue weighted by molar-refractivity contribution is -0.118. The van der Waals surface area contributed by atoms with E-state index >= 15 is 0 Å². The van der Waals surface area contributed by atoms with E-state index < -0.39 is 0 Å². The van der Waals surface area contributed by atoms with E-state index in [-0.39, 0.29) is 23.1 Å². The van der Waals surface area contributed by atoms with Gasteiger partial charge in [-0.3, -0.25) is 14.4 Å². The van der Waals surface area contributed by atoms with Crippen LogP contribution in [0.3, 0.4) is 0 Å². The predicted molar refractivity (Wildman–Crippen MR) is 106 cm³/mol. The quantitative estimate of drug-likeness (QED) is 0.171. The van der Waals surface area contributed by atoms with Gasteiger partial charge in [-0.05, 0) is 51.3 Å². The molecule has 148 valence electrons. The Morgan fingerprint density at radius 2 is 1.93 bits per heavy atom. The van der Waals surface area contributed by atoms with Gasteiger partial charge in [-0.15, -0.1) is 0 Å². The first-order valence-electron chi connectivity index (χ1n) is 9.13. The predicted octanol–water partition coefficient (Wildman–Crippen LogP) is 2.68. The van der Waals surface area contributed by atoms with E-state index in [9.17, 15) is 19.5 Å². The first-order valence-corrected chi connectivity index (χ1v) is 9.13. The number of aromatic hydroxyl groups is 1. The number of ketones is 1. The van der Waals surface area contributed by atoms with Crippen LogP contribution in [0.25, 0.3) is 0 Å². The fraction of sp³-hybridized carbons (Fsp3) is 0.450. The number of nitrogens with zero attached hydrogens (tertiary/aromatic N) is 1. The Balaban J connectivity index is 2.44. The minimum absolute atomic E-state index is 0.0964. The zero-order valence-corrected chi connectivity index (χ0v) is 16.2. The second kappa shape index (κ2) is 11.7. The van der Waals surface area contributed by atoms with Crippen LogP contribution in [-0.4, -0.2) is 47.7 Å². The fourth-order valence-electron chi connectivity index (χ4n) is 2.41. The van der Waals surface area contributed by atoms with Crippen molar-refractivity contribution in [3.63, 3.8) is 0 Å². The molecule has 1 aromatic rings. The maximum Gasteiger partial charge on any atom is 0.252 e. The van der Waals surface area contributed by atoms with Crippen molar-refractivity contribution in [3.05, 3.63) is 35.5 Å². The second-order valence-corrected chi connectivity index (χ2v) is 6.37. The van der Waals surface area contributed by atoms with Gasteiger partial charge in [-0.1, -0.05) is 6.92 Å². The van der Waals surface area contributed by atoms with Gasteiger partial charge in [0.05, 0.1) is 5.69 Å². The summed E-state index contributed by atoms with van der Waals surface area (Å²) in [6, 6.07) is 4.33. The Bertz CT molecular complexity index is 686. The number of unbranched alkanes of at least 4 members (excludes halogenated alkanes) is 1. The number of rotatable bonds is 12. The molecule has 0 saturated heterocycles. The molecule has 0 radical (unpaired) electrons. The molecule has 0 aliphatic heterocycles. The van der Waals surface area contributed by atoms with Gasteiger partial charge in [0.25, 0.3) is 5.91 Å². The number of anilines is 1. The van der Waals surface area contributed by atoms with Gasteiger partial charge in [0, 0.05) is 37.0 Å². The lowest BCUT2D eigenvalue weighted by Gasteiger charge is -2.15. The van der Waals surface area contributed by atoms with Gasteiger partial charge in [0.1, 0.15) is 5.75 Å². The van der Waals surface area contributed by atoms with E-state index in [1.165, 1.54) is 25.1 Å². The highest BCUT2D eigenvalue weighted by Gasteiger charge is 2.10. The van der Waals surface area contributed by atoms with Crippen LogP contribution < -0.4 is 10.6 Å². The zero-order valence-electron chi connectivity index (χ0n) is 16.2. The number of amides is 2. The van der Waals surface area contributed by atoms with Crippen LogP contribution in [0.15, 0.2) is 30.0 Å². The molecule has 1 rings (SSSR count). The summed E-state index contributed by atoms with van der Waals surface area (Å²) in [7, 11) is 0. The van der Waals surface area contributed by atoms with Crippen LogP contribution in [0.5, 0.6) is 5.75 Å². The van der Waals surface area contributed by atoms with Crippen molar-refractivity contribution in [2.24, 2.45) is 0 Å². The SMILES string of the molecule is CCCN(C=O)CCCCN/C=C(\C)C(=O)Nc1cc(C(C)=O)ccc1O. The lowest BCUT2D eigenvalue weighted by atomic mass is 10.1. The van der Waals surface area contributed by atoms with E-state index in [1.807, 2.05) is 6.92 Å². The number of carbonyl (C=O) groups excluding carboxylic acids is 3. The van der Waals surface area contributed by atoms with E-state index in [0.717, 1.165) is 38.8 Å². The molecule has 0 atom stereocenters. The average Bonchev–Trinajstić information content (AvgIpc) is 2.64. The van der Waals surface area contributed by atoms with Crippen LogP contribution in [0.1, 0.15) is 50.4 Å². The number of carbonyl (C=O) groups is 3. The molecule has 7 nitrogen and oxygen atoms in total. The van der Waals surface area contributed by atoms with Gasteiger partial charge >= 0.3 is 0 Å². The Morgan fingerprint density at radius 3 is 2.56 bits per heavy atom. The summed E-state index contributed by atoms with van der Waals surface area (Å²) in [6.45, 7) is 7.30. The van der Waals surface area contributed by atoms with Crippen molar-refractivity contribution in [1.29, 1.82) is 0 Å². The molecule has 0 aromatic heterocycles. The Hall–Kier alpha value is -2.83. The fourth-order valence-corrected chi connectivity index (χ4v) is 2.41. The van der Waals surface area contributed by atoms with Crippen molar-refractivity contribution in [2.45, 2.75) is 40.0 Å². The lowest BCUT2D eigenvalue weighted by Crippen LogP contribution is -2.24. The van der Waals surface area contributed by atoms with Gasteiger partial charge < -0.3 is 20.6 Å². The molecular formula is C20H29N3O4. The first kappa shape index (κ1) is 22.2. The summed E-state index contributed by atoms with van der Waals surface area (Å²) in [5.41, 5.74) is 1.06. The topological polar surface area (TPSA) is 98.7 Å². The standard InChI is InChI=1S/C20H29N3O4/c1-4-10-23(14-24)11-6-5-9-21-13-15(2)20(27)22-18-12-17(16(3)25)7-8-19(18)26/h7-8,12-14,21,26H,4-6,9-11H2,1-3H3,(H,22,27)/b15-13+. The van der Waals surface area contributed by atoms with Gasteiger partial charge in [0.2, 0.25) is 6.41 Å². The molecule has 0 heterocycles. The minimum atomic E-state index is -0.367. The van der Waals surface area contributed by atoms with Crippen molar-refractivity contribution >= 4 is 23.8 Å². The molecular weight excluding hydrogens is 346 g/mol. The third-order valence-electron chi connectivity index (χ3n) is 4.00. The number of hydrogen-bond donors (Lipinski definition) is 3. The smallest absolute Gasteiger partial charge is 0.252 e. The number of benzene rings is 1. The molecule has 1 aromatic carbocycles. The Kier molecular flexibility index (Phi) is 9.64. The molecule has 0 bridgehead atoms. The molecule has 7 heteroatoms. The molecule has 0 unspecified atom stereocenters. The molecule has 3 N–H and O–H groups in total. The molecule has 27 heavy (non-hydrogen) atoms. The van der Waals surface area contributed by atoms with Crippen molar-refractivity contribution < 1.29 is 19.5 Å². The maximum absolute atomic E-state index is 12.2. The van der Waals surface area contributed by atoms with E-state index in [1.54, 1.807) is 18.0 Å². The van der Waals surface area contributed by atoms with Crippen LogP contribution in [0.4, 0.5) is 5.69 Å². The van der Waals surface area contributed by atoms with Crippen molar-refractivity contribution in [1.82, 2.24) is 10.2 Å². The third kappa shape index (κ3) is 7.94. The molecule has 0 saturated carbocycles. The summed E-state index contributed by atoms with van der Waals surface area (Å²) in [4.78, 5) is 36.2. The second-order valence-electron chi connectivity index (χ2n) is 6.37. The third-order valence-corrected chi connectivity index (χ3v) is 4.00.